The molecule has 0 radical (unpaired) electrons. The zero-order chi connectivity index (χ0) is 20.6. The number of aryl methyl sites for hydroxylation is 3. The summed E-state index contributed by atoms with van der Waals surface area (Å²) in [5.74, 6) is 0.262. The lowest BCUT2D eigenvalue weighted by Gasteiger charge is -2.29. The highest BCUT2D eigenvalue weighted by Gasteiger charge is 2.34. The molecule has 2 heterocycles. The molecule has 1 aromatic heterocycles. The van der Waals surface area contributed by atoms with E-state index in [9.17, 15) is 13.2 Å². The second-order valence-corrected chi connectivity index (χ2v) is 10.6. The van der Waals surface area contributed by atoms with E-state index in [4.69, 9.17) is 0 Å². The highest BCUT2D eigenvalue weighted by molar-refractivity contribution is 7.91. The summed E-state index contributed by atoms with van der Waals surface area (Å²) in [4.78, 5) is 20.5. The predicted molar refractivity (Wildman–Crippen MR) is 114 cm³/mol. The van der Waals surface area contributed by atoms with Gasteiger partial charge in [0.05, 0.1) is 17.9 Å². The molecule has 2 aromatic rings. The number of sulfone groups is 1. The minimum atomic E-state index is -3.04. The van der Waals surface area contributed by atoms with Crippen molar-refractivity contribution in [2.75, 3.05) is 38.7 Å². The number of amides is 1. The lowest BCUT2D eigenvalue weighted by Crippen LogP contribution is -2.45. The topological polar surface area (TPSA) is 73.5 Å². The zero-order valence-corrected chi connectivity index (χ0v) is 18.3. The van der Waals surface area contributed by atoms with Crippen LogP contribution in [-0.4, -0.2) is 73.8 Å². The molecule has 3 rings (SSSR count). The molecule has 1 aliphatic rings. The van der Waals surface area contributed by atoms with Gasteiger partial charge in [0.1, 0.15) is 0 Å². The van der Waals surface area contributed by atoms with Gasteiger partial charge >= 0.3 is 0 Å². The summed E-state index contributed by atoms with van der Waals surface area (Å²) < 4.78 is 24.0. The monoisotopic (exact) mass is 405 g/mol. The second kappa shape index (κ2) is 7.87. The van der Waals surface area contributed by atoms with E-state index in [1.54, 1.807) is 4.90 Å². The van der Waals surface area contributed by atoms with Gasteiger partial charge < -0.3 is 14.8 Å². The van der Waals surface area contributed by atoms with Crippen LogP contribution in [0.5, 0.6) is 0 Å². The average Bonchev–Trinajstić information content (AvgIpc) is 3.07. The minimum Gasteiger partial charge on any atom is -0.358 e. The Bertz CT molecular complexity index is 992. The summed E-state index contributed by atoms with van der Waals surface area (Å²) in [5.41, 5.74) is 5.43. The van der Waals surface area contributed by atoms with E-state index in [0.717, 1.165) is 27.7 Å². The van der Waals surface area contributed by atoms with E-state index in [0.29, 0.717) is 25.9 Å². The normalized spacial score (nSPS) is 18.9. The van der Waals surface area contributed by atoms with Crippen LogP contribution in [0.3, 0.4) is 0 Å². The fraction of sp³-hybridized carbons (Fsp3) is 0.571. The Morgan fingerprint density at radius 1 is 1.18 bits per heavy atom. The molecule has 1 saturated heterocycles. The van der Waals surface area contributed by atoms with Crippen LogP contribution in [0.4, 0.5) is 0 Å². The third-order valence-corrected chi connectivity index (χ3v) is 7.39. The third-order valence-electron chi connectivity index (χ3n) is 5.64. The van der Waals surface area contributed by atoms with Crippen LogP contribution < -0.4 is 0 Å². The molecule has 0 unspecified atom stereocenters. The number of benzene rings is 1. The molecule has 6 nitrogen and oxygen atoms in total. The summed E-state index contributed by atoms with van der Waals surface area (Å²) >= 11 is 0. The van der Waals surface area contributed by atoms with E-state index in [1.165, 1.54) is 5.56 Å². The van der Waals surface area contributed by atoms with Crippen molar-refractivity contribution in [2.45, 2.75) is 39.7 Å². The SMILES string of the molecule is Cc1cc(C)c2c(CC(=O)N(CCN(C)C)[C@@H]3CCS(=O)(=O)C3)c(C)[nH]c2c1. The van der Waals surface area contributed by atoms with Gasteiger partial charge in [-0.3, -0.25) is 4.79 Å². The first kappa shape index (κ1) is 20.9. The first-order chi connectivity index (χ1) is 13.1. The number of aromatic nitrogens is 1. The standard InChI is InChI=1S/C21H31N3O3S/c1-14-10-15(2)21-18(16(3)22-19(21)11-14)12-20(25)24(8-7-23(4)5)17-6-9-28(26,27)13-17/h10-11,17,22H,6-9,12-13H2,1-5H3/t17-/m1/s1. The van der Waals surface area contributed by atoms with Gasteiger partial charge in [-0.1, -0.05) is 6.07 Å². The fourth-order valence-corrected chi connectivity index (χ4v) is 5.98. The Kier molecular flexibility index (Phi) is 5.87. The number of carbonyl (C=O) groups excluding carboxylic acids is 1. The van der Waals surface area contributed by atoms with Gasteiger partial charge in [-0.15, -0.1) is 0 Å². The van der Waals surface area contributed by atoms with Crippen molar-refractivity contribution < 1.29 is 13.2 Å². The molecule has 1 fully saturated rings. The first-order valence-corrected chi connectivity index (χ1v) is 11.6. The summed E-state index contributed by atoms with van der Waals surface area (Å²) in [6, 6.07) is 4.03. The highest BCUT2D eigenvalue weighted by atomic mass is 32.2. The van der Waals surface area contributed by atoms with E-state index < -0.39 is 9.84 Å². The Morgan fingerprint density at radius 3 is 2.50 bits per heavy atom. The second-order valence-electron chi connectivity index (χ2n) is 8.36. The molecule has 154 valence electrons. The minimum absolute atomic E-state index is 0.00734. The van der Waals surface area contributed by atoms with Crippen LogP contribution in [0.15, 0.2) is 12.1 Å². The highest BCUT2D eigenvalue weighted by Crippen LogP contribution is 2.28. The van der Waals surface area contributed by atoms with Crippen LogP contribution in [0.2, 0.25) is 0 Å². The summed E-state index contributed by atoms with van der Waals surface area (Å²) in [7, 11) is 0.881. The molecule has 1 amide bonds. The Morgan fingerprint density at radius 2 is 1.89 bits per heavy atom. The van der Waals surface area contributed by atoms with Crippen molar-refractivity contribution in [1.82, 2.24) is 14.8 Å². The van der Waals surface area contributed by atoms with Gasteiger partial charge in [0.25, 0.3) is 0 Å². The zero-order valence-electron chi connectivity index (χ0n) is 17.5. The third kappa shape index (κ3) is 4.41. The molecule has 0 bridgehead atoms. The molecule has 0 spiro atoms. The van der Waals surface area contributed by atoms with Crippen molar-refractivity contribution >= 4 is 26.6 Å². The molecule has 0 aliphatic carbocycles. The van der Waals surface area contributed by atoms with E-state index in [2.05, 4.69) is 31.0 Å². The quantitative estimate of drug-likeness (QED) is 0.800. The largest absolute Gasteiger partial charge is 0.358 e. The smallest absolute Gasteiger partial charge is 0.227 e. The van der Waals surface area contributed by atoms with Crippen molar-refractivity contribution in [1.29, 1.82) is 0 Å². The van der Waals surface area contributed by atoms with E-state index in [-0.39, 0.29) is 23.5 Å². The predicted octanol–water partition coefficient (Wildman–Crippen LogP) is 2.21. The molecule has 1 aliphatic heterocycles. The number of nitrogens with one attached hydrogen (secondary N) is 1. The van der Waals surface area contributed by atoms with Crippen LogP contribution >= 0.6 is 0 Å². The van der Waals surface area contributed by atoms with Crippen molar-refractivity contribution in [3.63, 3.8) is 0 Å². The number of rotatable bonds is 6. The molecular formula is C21H31N3O3S. The van der Waals surface area contributed by atoms with Gasteiger partial charge in [-0.2, -0.15) is 0 Å². The lowest BCUT2D eigenvalue weighted by atomic mass is 10.0. The molecule has 1 atom stereocenters. The fourth-order valence-electron chi connectivity index (χ4n) is 4.25. The van der Waals surface area contributed by atoms with Crippen LogP contribution in [0.25, 0.3) is 10.9 Å². The van der Waals surface area contributed by atoms with Gasteiger partial charge in [0.15, 0.2) is 9.84 Å². The number of aromatic amines is 1. The van der Waals surface area contributed by atoms with Crippen LogP contribution in [-0.2, 0) is 21.1 Å². The Labute approximate surface area is 167 Å². The molecule has 28 heavy (non-hydrogen) atoms. The molecule has 0 saturated carbocycles. The number of hydrogen-bond donors (Lipinski definition) is 1. The number of H-pyrrole nitrogens is 1. The van der Waals surface area contributed by atoms with E-state index in [1.807, 2.05) is 25.9 Å². The summed E-state index contributed by atoms with van der Waals surface area (Å²) in [5, 5.41) is 1.11. The first-order valence-electron chi connectivity index (χ1n) is 9.80. The lowest BCUT2D eigenvalue weighted by molar-refractivity contribution is -0.132. The number of hydrogen-bond acceptors (Lipinski definition) is 4. The van der Waals surface area contributed by atoms with E-state index >= 15 is 0 Å². The number of carbonyl (C=O) groups is 1. The maximum Gasteiger partial charge on any atom is 0.227 e. The average molecular weight is 406 g/mol. The maximum atomic E-state index is 13.3. The Hall–Kier alpha value is -1.86. The molecule has 1 N–H and O–H groups in total. The maximum absolute atomic E-state index is 13.3. The molecular weight excluding hydrogens is 374 g/mol. The van der Waals surface area contributed by atoms with Gasteiger partial charge in [-0.25, -0.2) is 8.42 Å². The van der Waals surface area contributed by atoms with Crippen molar-refractivity contribution in [3.8, 4) is 0 Å². The van der Waals surface area contributed by atoms with Crippen LogP contribution in [0, 0.1) is 20.8 Å². The van der Waals surface area contributed by atoms with Gasteiger partial charge in [0.2, 0.25) is 5.91 Å². The van der Waals surface area contributed by atoms with Gasteiger partial charge in [0, 0.05) is 35.7 Å². The van der Waals surface area contributed by atoms with Crippen molar-refractivity contribution in [2.24, 2.45) is 0 Å². The van der Waals surface area contributed by atoms with Crippen molar-refractivity contribution in [3.05, 3.63) is 34.5 Å². The number of fused-ring (bicyclic) bond motifs is 1. The number of nitrogens with zero attached hydrogens (tertiary/aromatic N) is 2. The number of likely N-dealkylation sites (N-methyl/N-ethyl adjacent to an activating group) is 1. The van der Waals surface area contributed by atoms with Crippen LogP contribution in [0.1, 0.15) is 28.8 Å². The summed E-state index contributed by atoms with van der Waals surface area (Å²) in [6.45, 7) is 7.40. The van der Waals surface area contributed by atoms with Gasteiger partial charge in [-0.05, 0) is 64.0 Å². The molecule has 1 aromatic carbocycles. The molecule has 7 heteroatoms. The Balaban J connectivity index is 1.89. The summed E-state index contributed by atoms with van der Waals surface area (Å²) in [6.07, 6.45) is 0.826.